The van der Waals surface area contributed by atoms with Crippen molar-refractivity contribution in [3.63, 3.8) is 0 Å². The number of benzene rings is 1. The molecule has 0 bridgehead atoms. The van der Waals surface area contributed by atoms with Crippen LogP contribution in [0.3, 0.4) is 0 Å². The molecule has 18 heavy (non-hydrogen) atoms. The van der Waals surface area contributed by atoms with Gasteiger partial charge in [0.1, 0.15) is 5.69 Å². The molecule has 0 fully saturated rings. The molecule has 8 nitrogen and oxygen atoms in total. The van der Waals surface area contributed by atoms with Gasteiger partial charge in [-0.05, 0) is 5.53 Å². The van der Waals surface area contributed by atoms with Crippen LogP contribution in [-0.2, 0) is 0 Å². The van der Waals surface area contributed by atoms with E-state index in [0.717, 1.165) is 0 Å². The first kappa shape index (κ1) is 13.3. The molecule has 1 amide bonds. The number of hydrogen-bond acceptors (Lipinski definition) is 4. The maximum atomic E-state index is 13.5. The van der Waals surface area contributed by atoms with Crippen molar-refractivity contribution in [1.29, 1.82) is 0 Å². The molecule has 0 heterocycles. The zero-order valence-corrected chi connectivity index (χ0v) is 8.22. The van der Waals surface area contributed by atoms with Crippen molar-refractivity contribution in [3.8, 4) is 0 Å². The lowest BCUT2D eigenvalue weighted by Gasteiger charge is -2.05. The summed E-state index contributed by atoms with van der Waals surface area (Å²) in [7, 11) is 0. The first-order valence-electron chi connectivity index (χ1n) is 4.02. The van der Waals surface area contributed by atoms with Gasteiger partial charge in [-0.15, -0.1) is 0 Å². The van der Waals surface area contributed by atoms with Gasteiger partial charge in [0.15, 0.2) is 17.2 Å². The van der Waals surface area contributed by atoms with E-state index in [9.17, 15) is 28.1 Å². The molecule has 1 aromatic carbocycles. The monoisotopic (exact) mass is 261 g/mol. The summed E-state index contributed by atoms with van der Waals surface area (Å²) in [5.74, 6) is -7.81. The molecule has 0 unspecified atom stereocenters. The Morgan fingerprint density at radius 1 is 1.33 bits per heavy atom. The van der Waals surface area contributed by atoms with Gasteiger partial charge in [0.25, 0.3) is 5.91 Å². The van der Waals surface area contributed by atoms with Gasteiger partial charge in [-0.2, -0.15) is 4.39 Å². The minimum absolute atomic E-state index is 1.48. The SMILES string of the molecule is [N-]=[N+]=Nc1c(F)c(F)c(C(N)=O)c([N+](=O)[O-])c1F. The molecular weight excluding hydrogens is 259 g/mol. The van der Waals surface area contributed by atoms with E-state index in [1.165, 1.54) is 0 Å². The Bertz CT molecular complexity index is 611. The van der Waals surface area contributed by atoms with Crippen molar-refractivity contribution < 1.29 is 22.9 Å². The normalized spacial score (nSPS) is 9.72. The molecule has 0 radical (unpaired) electrons. The molecule has 0 aliphatic rings. The smallest absolute Gasteiger partial charge is 0.321 e. The fourth-order valence-corrected chi connectivity index (χ4v) is 1.16. The van der Waals surface area contributed by atoms with E-state index in [4.69, 9.17) is 5.53 Å². The molecule has 0 saturated heterocycles. The van der Waals surface area contributed by atoms with Gasteiger partial charge in [-0.3, -0.25) is 14.9 Å². The van der Waals surface area contributed by atoms with Crippen LogP contribution >= 0.6 is 0 Å². The first-order valence-corrected chi connectivity index (χ1v) is 4.02. The zero-order valence-electron chi connectivity index (χ0n) is 8.22. The molecule has 0 saturated carbocycles. The topological polar surface area (TPSA) is 135 Å². The summed E-state index contributed by atoms with van der Waals surface area (Å²) in [6.07, 6.45) is 0. The zero-order chi connectivity index (χ0) is 14.0. The average molecular weight is 261 g/mol. The van der Waals surface area contributed by atoms with Gasteiger partial charge in [0.05, 0.1) is 4.92 Å². The molecule has 0 spiro atoms. The maximum Gasteiger partial charge on any atom is 0.321 e. The van der Waals surface area contributed by atoms with Crippen molar-refractivity contribution in [2.75, 3.05) is 0 Å². The van der Waals surface area contributed by atoms with Crippen LogP contribution in [0.15, 0.2) is 5.11 Å². The highest BCUT2D eigenvalue weighted by Crippen LogP contribution is 2.35. The van der Waals surface area contributed by atoms with Crippen LogP contribution in [0.1, 0.15) is 10.4 Å². The number of nitro groups is 1. The maximum absolute atomic E-state index is 13.5. The summed E-state index contributed by atoms with van der Waals surface area (Å²) in [5, 5.41) is 12.9. The third-order valence-electron chi connectivity index (χ3n) is 1.85. The summed E-state index contributed by atoms with van der Waals surface area (Å²) in [6.45, 7) is 0. The molecule has 2 N–H and O–H groups in total. The van der Waals surface area contributed by atoms with E-state index in [2.05, 4.69) is 10.8 Å². The van der Waals surface area contributed by atoms with Crippen LogP contribution in [0, 0.1) is 27.6 Å². The third-order valence-corrected chi connectivity index (χ3v) is 1.85. The van der Waals surface area contributed by atoms with E-state index in [-0.39, 0.29) is 0 Å². The molecule has 94 valence electrons. The Morgan fingerprint density at radius 3 is 2.28 bits per heavy atom. The minimum Gasteiger partial charge on any atom is -0.365 e. The van der Waals surface area contributed by atoms with Crippen LogP contribution in [0.2, 0.25) is 0 Å². The standard InChI is InChI=1S/C7H2F3N5O3/c8-2-1(7(11)16)6(15(17)18)4(10)5(3(2)9)13-14-12/h(H2,11,16). The van der Waals surface area contributed by atoms with E-state index in [0.29, 0.717) is 0 Å². The van der Waals surface area contributed by atoms with Crippen LogP contribution in [-0.4, -0.2) is 10.8 Å². The van der Waals surface area contributed by atoms with E-state index >= 15 is 0 Å². The highest BCUT2D eigenvalue weighted by Gasteiger charge is 2.34. The lowest BCUT2D eigenvalue weighted by atomic mass is 10.1. The predicted molar refractivity (Wildman–Crippen MR) is 50.3 cm³/mol. The summed E-state index contributed by atoms with van der Waals surface area (Å²) in [5.41, 5.74) is 7.80. The molecule has 1 rings (SSSR count). The van der Waals surface area contributed by atoms with Crippen molar-refractivity contribution >= 4 is 17.3 Å². The van der Waals surface area contributed by atoms with Gasteiger partial charge >= 0.3 is 5.69 Å². The summed E-state index contributed by atoms with van der Waals surface area (Å²) >= 11 is 0. The molecular formula is C7H2F3N5O3. The molecule has 0 aliphatic carbocycles. The number of nitrogens with two attached hydrogens (primary N) is 1. The van der Waals surface area contributed by atoms with Crippen LogP contribution < -0.4 is 5.73 Å². The number of azide groups is 1. The second kappa shape index (κ2) is 4.59. The lowest BCUT2D eigenvalue weighted by molar-refractivity contribution is -0.387. The number of carbonyl (C=O) groups is 1. The number of halogens is 3. The van der Waals surface area contributed by atoms with Gasteiger partial charge in [-0.1, -0.05) is 5.11 Å². The Kier molecular flexibility index (Phi) is 3.38. The van der Waals surface area contributed by atoms with Crippen LogP contribution in [0.5, 0.6) is 0 Å². The Balaban J connectivity index is 3.93. The van der Waals surface area contributed by atoms with Crippen LogP contribution in [0.4, 0.5) is 24.5 Å². The summed E-state index contributed by atoms with van der Waals surface area (Å²) in [6, 6.07) is 0. The van der Waals surface area contributed by atoms with Crippen molar-refractivity contribution in [2.45, 2.75) is 0 Å². The highest BCUT2D eigenvalue weighted by molar-refractivity contribution is 5.98. The Hall–Kier alpha value is -2.81. The van der Waals surface area contributed by atoms with Crippen molar-refractivity contribution in [3.05, 3.63) is 43.6 Å². The molecule has 0 atom stereocenters. The highest BCUT2D eigenvalue weighted by atomic mass is 19.2. The van der Waals surface area contributed by atoms with Crippen molar-refractivity contribution in [2.24, 2.45) is 10.8 Å². The second-order valence-electron chi connectivity index (χ2n) is 2.82. The van der Waals surface area contributed by atoms with Gasteiger partial charge in [0, 0.05) is 4.91 Å². The lowest BCUT2D eigenvalue weighted by Crippen LogP contribution is -2.18. The van der Waals surface area contributed by atoms with Crippen molar-refractivity contribution in [1.82, 2.24) is 0 Å². The first-order chi connectivity index (χ1) is 8.32. The number of hydrogen-bond donors (Lipinski definition) is 1. The summed E-state index contributed by atoms with van der Waals surface area (Å²) < 4.78 is 40.0. The number of nitrogens with zero attached hydrogens (tertiary/aromatic N) is 4. The number of amides is 1. The molecule has 11 heteroatoms. The van der Waals surface area contributed by atoms with Gasteiger partial charge in [0.2, 0.25) is 5.82 Å². The van der Waals surface area contributed by atoms with E-state index in [1.54, 1.807) is 0 Å². The Morgan fingerprint density at radius 2 is 1.89 bits per heavy atom. The quantitative estimate of drug-likeness (QED) is 0.222. The van der Waals surface area contributed by atoms with Crippen LogP contribution in [0.25, 0.3) is 10.4 Å². The molecule has 0 aliphatic heterocycles. The number of rotatable bonds is 3. The van der Waals surface area contributed by atoms with E-state index < -0.39 is 45.2 Å². The van der Waals surface area contributed by atoms with Gasteiger partial charge in [-0.25, -0.2) is 8.78 Å². The minimum atomic E-state index is -2.06. The van der Waals surface area contributed by atoms with Gasteiger partial charge < -0.3 is 5.73 Å². The second-order valence-corrected chi connectivity index (χ2v) is 2.82. The largest absolute Gasteiger partial charge is 0.365 e. The third kappa shape index (κ3) is 1.89. The van der Waals surface area contributed by atoms with E-state index in [1.807, 2.05) is 4.91 Å². The number of primary amides is 1. The predicted octanol–water partition coefficient (Wildman–Crippen LogP) is 2.05. The number of carbonyl (C=O) groups excluding carboxylic acids is 1. The fraction of sp³-hybridized carbons (Fsp3) is 0. The fourth-order valence-electron chi connectivity index (χ4n) is 1.16. The molecule has 0 aromatic heterocycles. The Labute approximate surface area is 95.6 Å². The summed E-state index contributed by atoms with van der Waals surface area (Å²) in [4.78, 5) is 21.8. The molecule has 1 aromatic rings. The average Bonchev–Trinajstić information content (AvgIpc) is 2.27. The number of nitro benzene ring substituents is 1.